The normalized spacial score (nSPS) is 10.7. The van der Waals surface area contributed by atoms with Crippen molar-refractivity contribution in [3.8, 4) is 5.75 Å². The first-order chi connectivity index (χ1) is 8.26. The molecule has 1 rings (SSSR count). The number of anilines is 1. The molecule has 3 N–H and O–H groups in total. The minimum absolute atomic E-state index is 0.221. The number of hydrogen-bond acceptors (Lipinski definition) is 5. The SMILES string of the molecule is CC(C)(C)OC(=O)Nc1cccc(OB(O)O)c1. The van der Waals surface area contributed by atoms with Crippen LogP contribution < -0.4 is 9.97 Å². The van der Waals surface area contributed by atoms with Crippen molar-refractivity contribution in [2.24, 2.45) is 0 Å². The van der Waals surface area contributed by atoms with E-state index in [1.165, 1.54) is 12.1 Å². The lowest BCUT2D eigenvalue weighted by molar-refractivity contribution is 0.0636. The lowest BCUT2D eigenvalue weighted by Crippen LogP contribution is -2.27. The maximum absolute atomic E-state index is 11.5. The second kappa shape index (κ2) is 5.75. The van der Waals surface area contributed by atoms with Crippen LogP contribution in [0.4, 0.5) is 10.5 Å². The van der Waals surface area contributed by atoms with Crippen LogP contribution in [-0.4, -0.2) is 29.1 Å². The van der Waals surface area contributed by atoms with Crippen LogP contribution in [0.2, 0.25) is 0 Å². The molecule has 1 aromatic carbocycles. The fourth-order valence-electron chi connectivity index (χ4n) is 1.19. The van der Waals surface area contributed by atoms with E-state index in [0.717, 1.165) is 0 Å². The molecule has 0 aliphatic carbocycles. The molecule has 7 heteroatoms. The fourth-order valence-corrected chi connectivity index (χ4v) is 1.19. The van der Waals surface area contributed by atoms with E-state index in [0.29, 0.717) is 5.69 Å². The molecule has 0 radical (unpaired) electrons. The van der Waals surface area contributed by atoms with Gasteiger partial charge < -0.3 is 19.4 Å². The van der Waals surface area contributed by atoms with E-state index in [2.05, 4.69) is 9.97 Å². The van der Waals surface area contributed by atoms with Crippen LogP contribution in [0.25, 0.3) is 0 Å². The van der Waals surface area contributed by atoms with E-state index in [-0.39, 0.29) is 5.75 Å². The van der Waals surface area contributed by atoms with Crippen molar-refractivity contribution in [1.82, 2.24) is 0 Å². The molecular formula is C11H16BNO5. The molecule has 1 aromatic rings. The van der Waals surface area contributed by atoms with Crippen molar-refractivity contribution in [2.45, 2.75) is 26.4 Å². The number of ether oxygens (including phenoxy) is 1. The van der Waals surface area contributed by atoms with E-state index >= 15 is 0 Å². The molecule has 0 saturated carbocycles. The molecule has 0 heterocycles. The van der Waals surface area contributed by atoms with Gasteiger partial charge in [0.1, 0.15) is 11.4 Å². The molecule has 0 aliphatic heterocycles. The third-order valence-electron chi connectivity index (χ3n) is 1.72. The standard InChI is InChI=1S/C11H16BNO5/c1-11(2,3)17-10(14)13-8-5-4-6-9(7-8)18-12(15)16/h4-7,15-16H,1-3H3,(H,13,14). The predicted molar refractivity (Wildman–Crippen MR) is 67.1 cm³/mol. The predicted octanol–water partition coefficient (Wildman–Crippen LogP) is 1.38. The average Bonchev–Trinajstić information content (AvgIpc) is 2.13. The smallest absolute Gasteiger partial charge is 0.512 e. The maximum atomic E-state index is 11.5. The van der Waals surface area contributed by atoms with Crippen LogP contribution in [0.15, 0.2) is 24.3 Å². The van der Waals surface area contributed by atoms with Gasteiger partial charge in [0.15, 0.2) is 0 Å². The minimum atomic E-state index is -1.90. The second-order valence-electron chi connectivity index (χ2n) is 4.60. The van der Waals surface area contributed by atoms with Crippen LogP contribution >= 0.6 is 0 Å². The highest BCUT2D eigenvalue weighted by Crippen LogP contribution is 2.18. The molecule has 0 unspecified atom stereocenters. The summed E-state index contributed by atoms with van der Waals surface area (Å²) in [6.07, 6.45) is -0.593. The lowest BCUT2D eigenvalue weighted by Gasteiger charge is -2.19. The summed E-state index contributed by atoms with van der Waals surface area (Å²) in [5.41, 5.74) is -0.151. The zero-order chi connectivity index (χ0) is 13.8. The summed E-state index contributed by atoms with van der Waals surface area (Å²) in [6, 6.07) is 6.20. The van der Waals surface area contributed by atoms with Crippen molar-refractivity contribution in [2.75, 3.05) is 5.32 Å². The molecule has 0 aliphatic rings. The average molecular weight is 253 g/mol. The van der Waals surface area contributed by atoms with E-state index < -0.39 is 19.0 Å². The highest BCUT2D eigenvalue weighted by Gasteiger charge is 2.16. The van der Waals surface area contributed by atoms with Crippen molar-refractivity contribution in [3.63, 3.8) is 0 Å². The number of carbonyl (C=O) groups is 1. The largest absolute Gasteiger partial charge is 0.707 e. The van der Waals surface area contributed by atoms with Crippen LogP contribution in [0.5, 0.6) is 5.75 Å². The van der Waals surface area contributed by atoms with E-state index in [1.54, 1.807) is 32.9 Å². The third-order valence-corrected chi connectivity index (χ3v) is 1.72. The number of rotatable bonds is 3. The summed E-state index contributed by atoms with van der Waals surface area (Å²) in [4.78, 5) is 11.5. The number of hydrogen-bond donors (Lipinski definition) is 3. The van der Waals surface area contributed by atoms with Gasteiger partial charge in [-0.3, -0.25) is 5.32 Å². The van der Waals surface area contributed by atoms with Gasteiger partial charge in [-0.25, -0.2) is 4.79 Å². The first kappa shape index (κ1) is 14.3. The highest BCUT2D eigenvalue weighted by atomic mass is 16.6. The third kappa shape index (κ3) is 5.56. The van der Waals surface area contributed by atoms with Gasteiger partial charge in [-0.05, 0) is 32.9 Å². The van der Waals surface area contributed by atoms with Gasteiger partial charge in [0, 0.05) is 11.8 Å². The Morgan fingerprint density at radius 3 is 2.56 bits per heavy atom. The van der Waals surface area contributed by atoms with Crippen LogP contribution in [-0.2, 0) is 4.74 Å². The first-order valence-electron chi connectivity index (χ1n) is 5.39. The van der Waals surface area contributed by atoms with Gasteiger partial charge >= 0.3 is 13.4 Å². The zero-order valence-electron chi connectivity index (χ0n) is 10.5. The Bertz CT molecular complexity index is 416. The summed E-state index contributed by atoms with van der Waals surface area (Å²) in [5.74, 6) is 0.221. The summed E-state index contributed by atoms with van der Waals surface area (Å²) in [6.45, 7) is 5.27. The quantitative estimate of drug-likeness (QED) is 0.708. The summed E-state index contributed by atoms with van der Waals surface area (Å²) in [7, 11) is -1.90. The molecule has 18 heavy (non-hydrogen) atoms. The highest BCUT2D eigenvalue weighted by molar-refractivity contribution is 6.33. The van der Waals surface area contributed by atoms with Crippen molar-refractivity contribution in [1.29, 1.82) is 0 Å². The Hall–Kier alpha value is -1.73. The maximum Gasteiger partial charge on any atom is 0.707 e. The van der Waals surface area contributed by atoms with Crippen LogP contribution in [0.1, 0.15) is 20.8 Å². The molecular weight excluding hydrogens is 237 g/mol. The zero-order valence-corrected chi connectivity index (χ0v) is 10.5. The monoisotopic (exact) mass is 253 g/mol. The second-order valence-corrected chi connectivity index (χ2v) is 4.60. The number of nitrogens with one attached hydrogen (secondary N) is 1. The molecule has 0 spiro atoms. The van der Waals surface area contributed by atoms with Gasteiger partial charge in [0.25, 0.3) is 0 Å². The Kier molecular flexibility index (Phi) is 4.58. The Morgan fingerprint density at radius 2 is 2.00 bits per heavy atom. The summed E-state index contributed by atoms with van der Waals surface area (Å²) >= 11 is 0. The van der Waals surface area contributed by atoms with Gasteiger partial charge in [0.2, 0.25) is 0 Å². The van der Waals surface area contributed by atoms with Crippen molar-refractivity contribution < 1.29 is 24.2 Å². The summed E-state index contributed by atoms with van der Waals surface area (Å²) in [5, 5.41) is 19.8. The van der Waals surface area contributed by atoms with E-state index in [4.69, 9.17) is 14.8 Å². The first-order valence-corrected chi connectivity index (χ1v) is 5.39. The molecule has 0 saturated heterocycles. The number of carbonyl (C=O) groups excluding carboxylic acids is 1. The molecule has 1 amide bonds. The van der Waals surface area contributed by atoms with Gasteiger partial charge in [0.05, 0.1) is 0 Å². The fraction of sp³-hybridized carbons (Fsp3) is 0.364. The van der Waals surface area contributed by atoms with E-state index in [9.17, 15) is 4.79 Å². The van der Waals surface area contributed by atoms with Crippen molar-refractivity contribution in [3.05, 3.63) is 24.3 Å². The molecule has 6 nitrogen and oxygen atoms in total. The Morgan fingerprint density at radius 1 is 1.33 bits per heavy atom. The molecule has 0 bridgehead atoms. The van der Waals surface area contributed by atoms with Gasteiger partial charge in [-0.2, -0.15) is 0 Å². The van der Waals surface area contributed by atoms with Crippen LogP contribution in [0.3, 0.4) is 0 Å². The van der Waals surface area contributed by atoms with Crippen molar-refractivity contribution >= 4 is 19.1 Å². The summed E-state index contributed by atoms with van der Waals surface area (Å²) < 4.78 is 9.73. The number of benzene rings is 1. The van der Waals surface area contributed by atoms with Crippen LogP contribution in [0, 0.1) is 0 Å². The number of amides is 1. The molecule has 0 atom stereocenters. The molecule has 0 aromatic heterocycles. The lowest BCUT2D eigenvalue weighted by atomic mass is 10.2. The van der Waals surface area contributed by atoms with Gasteiger partial charge in [-0.15, -0.1) is 0 Å². The van der Waals surface area contributed by atoms with E-state index in [1.807, 2.05) is 0 Å². The molecule has 0 fully saturated rings. The molecule has 98 valence electrons. The van der Waals surface area contributed by atoms with Gasteiger partial charge in [-0.1, -0.05) is 6.07 Å². The topological polar surface area (TPSA) is 88.0 Å². The minimum Gasteiger partial charge on any atom is -0.512 e. The Balaban J connectivity index is 2.65. The Labute approximate surface area is 106 Å².